The fourth-order valence-corrected chi connectivity index (χ4v) is 5.21. The summed E-state index contributed by atoms with van der Waals surface area (Å²) >= 11 is 0. The summed E-state index contributed by atoms with van der Waals surface area (Å²) in [5.41, 5.74) is 1.45. The van der Waals surface area contributed by atoms with Gasteiger partial charge >= 0.3 is 0 Å². The summed E-state index contributed by atoms with van der Waals surface area (Å²) in [5.74, 6) is 0.709. The Labute approximate surface area is 158 Å². The molecule has 3 aromatic carbocycles. The van der Waals surface area contributed by atoms with Gasteiger partial charge in [0.2, 0.25) is 0 Å². The van der Waals surface area contributed by atoms with Crippen molar-refractivity contribution in [2.75, 3.05) is 6.16 Å². The highest BCUT2D eigenvalue weighted by Crippen LogP contribution is 2.42. The molecule has 1 unspecified atom stereocenters. The minimum Gasteiger partial charge on any atom is -0.314 e. The highest BCUT2D eigenvalue weighted by molar-refractivity contribution is 7.78. The van der Waals surface area contributed by atoms with Gasteiger partial charge in [-0.1, -0.05) is 112 Å². The SMILES string of the molecule is CCC(C)c1ccccc1.CCP(=O)(c1ccccc1)c1ccccc1. The van der Waals surface area contributed by atoms with E-state index in [-0.39, 0.29) is 0 Å². The summed E-state index contributed by atoms with van der Waals surface area (Å²) in [5, 5.41) is 1.90. The summed E-state index contributed by atoms with van der Waals surface area (Å²) in [6.45, 7) is 6.47. The van der Waals surface area contributed by atoms with E-state index < -0.39 is 7.14 Å². The molecule has 3 rings (SSSR count). The summed E-state index contributed by atoms with van der Waals surface area (Å²) in [6.07, 6.45) is 1.89. The molecule has 136 valence electrons. The Kier molecular flexibility index (Phi) is 7.88. The van der Waals surface area contributed by atoms with Gasteiger partial charge in [-0.2, -0.15) is 0 Å². The van der Waals surface area contributed by atoms with Crippen LogP contribution < -0.4 is 10.6 Å². The normalized spacial score (nSPS) is 12.0. The number of benzene rings is 3. The maximum absolute atomic E-state index is 13.0. The van der Waals surface area contributed by atoms with Crippen LogP contribution in [0.15, 0.2) is 91.0 Å². The Balaban J connectivity index is 0.000000209. The fourth-order valence-electron chi connectivity index (χ4n) is 2.87. The van der Waals surface area contributed by atoms with Gasteiger partial charge in [-0.15, -0.1) is 0 Å². The van der Waals surface area contributed by atoms with Crippen molar-refractivity contribution in [3.63, 3.8) is 0 Å². The zero-order chi connectivity index (χ0) is 18.8. The van der Waals surface area contributed by atoms with E-state index in [9.17, 15) is 4.57 Å². The van der Waals surface area contributed by atoms with E-state index in [0.29, 0.717) is 12.1 Å². The molecule has 1 atom stereocenters. The molecule has 0 heterocycles. The molecule has 0 spiro atoms. The third-order valence-electron chi connectivity index (χ3n) is 4.77. The first-order chi connectivity index (χ1) is 12.6. The Bertz CT molecular complexity index is 754. The molecular weight excluding hydrogens is 335 g/mol. The Morgan fingerprint density at radius 3 is 1.42 bits per heavy atom. The lowest BCUT2D eigenvalue weighted by molar-refractivity contribution is 0.587. The van der Waals surface area contributed by atoms with E-state index in [4.69, 9.17) is 0 Å². The molecule has 26 heavy (non-hydrogen) atoms. The smallest absolute Gasteiger partial charge is 0.142 e. The van der Waals surface area contributed by atoms with Crippen molar-refractivity contribution >= 4 is 17.8 Å². The van der Waals surface area contributed by atoms with Gasteiger partial charge in [0.1, 0.15) is 7.14 Å². The maximum atomic E-state index is 13.0. The third kappa shape index (κ3) is 5.19. The van der Waals surface area contributed by atoms with Crippen LogP contribution >= 0.6 is 7.14 Å². The first kappa shape index (κ1) is 20.2. The summed E-state index contributed by atoms with van der Waals surface area (Å²) in [7, 11) is -2.40. The van der Waals surface area contributed by atoms with Crippen LogP contribution in [-0.4, -0.2) is 6.16 Å². The number of hydrogen-bond donors (Lipinski definition) is 0. The zero-order valence-corrected chi connectivity index (χ0v) is 16.9. The lowest BCUT2D eigenvalue weighted by Gasteiger charge is -2.16. The molecule has 0 aliphatic rings. The Hall–Kier alpha value is -2.11. The molecule has 0 bridgehead atoms. The van der Waals surface area contributed by atoms with Crippen molar-refractivity contribution < 1.29 is 4.57 Å². The van der Waals surface area contributed by atoms with Gasteiger partial charge in [-0.3, -0.25) is 0 Å². The van der Waals surface area contributed by atoms with Crippen molar-refractivity contribution in [2.45, 2.75) is 33.1 Å². The second-order valence-electron chi connectivity index (χ2n) is 6.45. The summed E-state index contributed by atoms with van der Waals surface area (Å²) in [4.78, 5) is 0. The summed E-state index contributed by atoms with van der Waals surface area (Å²) in [6, 6.07) is 30.1. The quantitative estimate of drug-likeness (QED) is 0.491. The molecular formula is C24H29OP. The molecule has 0 saturated heterocycles. The van der Waals surface area contributed by atoms with Crippen LogP contribution in [0, 0.1) is 0 Å². The van der Waals surface area contributed by atoms with Crippen LogP contribution in [0.25, 0.3) is 0 Å². The van der Waals surface area contributed by atoms with Crippen molar-refractivity contribution in [3.05, 3.63) is 96.6 Å². The van der Waals surface area contributed by atoms with E-state index in [1.165, 1.54) is 12.0 Å². The molecule has 1 nitrogen and oxygen atoms in total. The van der Waals surface area contributed by atoms with Crippen molar-refractivity contribution in [3.8, 4) is 0 Å². The highest BCUT2D eigenvalue weighted by Gasteiger charge is 2.24. The van der Waals surface area contributed by atoms with Crippen LogP contribution in [0.4, 0.5) is 0 Å². The van der Waals surface area contributed by atoms with E-state index >= 15 is 0 Å². The Morgan fingerprint density at radius 2 is 1.08 bits per heavy atom. The van der Waals surface area contributed by atoms with Gasteiger partial charge in [0.15, 0.2) is 0 Å². The summed E-state index contributed by atoms with van der Waals surface area (Å²) < 4.78 is 13.0. The lowest BCUT2D eigenvalue weighted by Crippen LogP contribution is -2.17. The minimum atomic E-state index is -2.40. The van der Waals surface area contributed by atoms with Gasteiger partial charge in [-0.05, 0) is 17.9 Å². The zero-order valence-electron chi connectivity index (χ0n) is 16.0. The van der Waals surface area contributed by atoms with Gasteiger partial charge in [0.25, 0.3) is 0 Å². The topological polar surface area (TPSA) is 17.1 Å². The van der Waals surface area contributed by atoms with Crippen LogP contribution in [0.1, 0.15) is 38.7 Å². The molecule has 0 aromatic heterocycles. The monoisotopic (exact) mass is 364 g/mol. The predicted octanol–water partition coefficient (Wildman–Crippen LogP) is 6.22. The minimum absolute atomic E-state index is 0.668. The van der Waals surface area contributed by atoms with Gasteiger partial charge in [0, 0.05) is 16.8 Å². The van der Waals surface area contributed by atoms with Crippen LogP contribution in [0.2, 0.25) is 0 Å². The van der Waals surface area contributed by atoms with E-state index in [0.717, 1.165) is 10.6 Å². The van der Waals surface area contributed by atoms with Crippen molar-refractivity contribution in [1.82, 2.24) is 0 Å². The van der Waals surface area contributed by atoms with Gasteiger partial charge < -0.3 is 4.57 Å². The first-order valence-corrected chi connectivity index (χ1v) is 11.3. The molecule has 3 aromatic rings. The largest absolute Gasteiger partial charge is 0.314 e. The average Bonchev–Trinajstić information content (AvgIpc) is 2.75. The molecule has 0 amide bonds. The van der Waals surface area contributed by atoms with Crippen molar-refractivity contribution in [1.29, 1.82) is 0 Å². The highest BCUT2D eigenvalue weighted by atomic mass is 31.2. The molecule has 0 fully saturated rings. The average molecular weight is 364 g/mol. The Morgan fingerprint density at radius 1 is 0.692 bits per heavy atom. The lowest BCUT2D eigenvalue weighted by atomic mass is 9.99. The molecule has 0 aliphatic carbocycles. The second kappa shape index (κ2) is 10.1. The fraction of sp³-hybridized carbons (Fsp3) is 0.250. The molecule has 0 saturated carbocycles. The van der Waals surface area contributed by atoms with E-state index in [1.807, 2.05) is 67.6 Å². The third-order valence-corrected chi connectivity index (χ3v) is 7.93. The standard InChI is InChI=1S/C14H15OP.C10H14/c1-2-16(15,13-9-5-3-6-10-13)14-11-7-4-8-12-14;1-3-9(2)10-7-5-4-6-8-10/h3-12H,2H2,1H3;4-9H,3H2,1-2H3. The number of rotatable bonds is 5. The predicted molar refractivity (Wildman–Crippen MR) is 115 cm³/mol. The van der Waals surface area contributed by atoms with E-state index in [1.54, 1.807) is 0 Å². The molecule has 2 heteroatoms. The molecule has 0 radical (unpaired) electrons. The van der Waals surface area contributed by atoms with Gasteiger partial charge in [-0.25, -0.2) is 0 Å². The first-order valence-electron chi connectivity index (χ1n) is 9.37. The van der Waals surface area contributed by atoms with Crippen LogP contribution in [-0.2, 0) is 4.57 Å². The van der Waals surface area contributed by atoms with Crippen LogP contribution in [0.3, 0.4) is 0 Å². The molecule has 0 aliphatic heterocycles. The van der Waals surface area contributed by atoms with Crippen molar-refractivity contribution in [2.24, 2.45) is 0 Å². The van der Waals surface area contributed by atoms with E-state index in [2.05, 4.69) is 44.2 Å². The maximum Gasteiger partial charge on any atom is 0.142 e. The second-order valence-corrected chi connectivity index (χ2v) is 9.59. The number of hydrogen-bond acceptors (Lipinski definition) is 1. The molecule has 0 N–H and O–H groups in total. The van der Waals surface area contributed by atoms with Crippen LogP contribution in [0.5, 0.6) is 0 Å². The van der Waals surface area contributed by atoms with Gasteiger partial charge in [0.05, 0.1) is 0 Å².